The molecule has 0 spiro atoms. The summed E-state index contributed by atoms with van der Waals surface area (Å²) in [6.45, 7) is 4.33. The van der Waals surface area contributed by atoms with E-state index >= 15 is 0 Å². The molecule has 2 aromatic carbocycles. The predicted octanol–water partition coefficient (Wildman–Crippen LogP) is 3.58. The van der Waals surface area contributed by atoms with E-state index in [2.05, 4.69) is 15.1 Å². The number of benzene rings is 2. The number of amides is 3. The maximum atomic E-state index is 13.6. The quantitative estimate of drug-likeness (QED) is 0.672. The molecule has 0 saturated carbocycles. The molecule has 3 fully saturated rings. The van der Waals surface area contributed by atoms with Gasteiger partial charge in [-0.15, -0.1) is 0 Å². The summed E-state index contributed by atoms with van der Waals surface area (Å²) in [5.74, 6) is 0.620. The number of fused-ring (bicyclic) bond motifs is 3. The van der Waals surface area contributed by atoms with Crippen LogP contribution in [0.15, 0.2) is 42.5 Å². The number of nitrogens with zero attached hydrogens (tertiary/aromatic N) is 4. The highest BCUT2D eigenvalue weighted by atomic mass is 35.5. The molecule has 34 heavy (non-hydrogen) atoms. The minimum absolute atomic E-state index is 0.142. The van der Waals surface area contributed by atoms with Crippen molar-refractivity contribution >= 4 is 40.8 Å². The van der Waals surface area contributed by atoms with Crippen molar-refractivity contribution in [3.8, 4) is 5.75 Å². The lowest BCUT2D eigenvalue weighted by Gasteiger charge is -2.44. The van der Waals surface area contributed by atoms with Crippen molar-refractivity contribution in [3.05, 3.63) is 58.1 Å². The Bertz CT molecular complexity index is 1100. The monoisotopic (exact) mass is 503 g/mol. The first-order chi connectivity index (χ1) is 16.4. The van der Waals surface area contributed by atoms with Gasteiger partial charge in [0.1, 0.15) is 24.2 Å². The van der Waals surface area contributed by atoms with Crippen molar-refractivity contribution in [2.24, 2.45) is 0 Å². The molecule has 8 nitrogen and oxygen atoms in total. The first-order valence-electron chi connectivity index (χ1n) is 11.4. The minimum atomic E-state index is -0.471. The Labute approximate surface area is 208 Å². The molecule has 10 heteroatoms. The lowest BCUT2D eigenvalue weighted by molar-refractivity contribution is -0.139. The molecule has 2 aromatic rings. The maximum absolute atomic E-state index is 13.6. The van der Waals surface area contributed by atoms with Gasteiger partial charge in [0.15, 0.2) is 0 Å². The van der Waals surface area contributed by atoms with Crippen LogP contribution in [0.25, 0.3) is 0 Å². The lowest BCUT2D eigenvalue weighted by Crippen LogP contribution is -2.66. The van der Waals surface area contributed by atoms with Gasteiger partial charge in [-0.25, -0.2) is 4.79 Å². The van der Waals surface area contributed by atoms with Crippen LogP contribution in [0, 0.1) is 0 Å². The van der Waals surface area contributed by atoms with E-state index in [4.69, 9.17) is 27.9 Å². The molecular weight excluding hydrogens is 477 g/mol. The number of carbonyl (C=O) groups excluding carboxylic acids is 2. The Morgan fingerprint density at radius 2 is 1.82 bits per heavy atom. The average Bonchev–Trinajstić information content (AvgIpc) is 3.23. The summed E-state index contributed by atoms with van der Waals surface area (Å²) < 4.78 is 5.57. The van der Waals surface area contributed by atoms with E-state index in [9.17, 15) is 9.59 Å². The van der Waals surface area contributed by atoms with Crippen LogP contribution in [0.5, 0.6) is 5.75 Å². The van der Waals surface area contributed by atoms with Crippen molar-refractivity contribution in [2.45, 2.75) is 38.4 Å². The molecule has 0 aliphatic carbocycles. The van der Waals surface area contributed by atoms with E-state index in [-0.39, 0.29) is 24.8 Å². The standard InChI is InChI=1S/C24H27Cl2N5O3/c1-3-34-17-8-6-16(7-9-17)29-11-4-12-30-20-21(27-23(29)30)28(2)24(33)31(22(20)32)14-15-5-10-18(25)19(26)13-15/h5-10,13,20-21,23,27H,3-4,11-12,14H2,1-2H3. The second kappa shape index (κ2) is 9.26. The summed E-state index contributed by atoms with van der Waals surface area (Å²) in [6.07, 6.45) is 0.316. The average molecular weight is 504 g/mol. The SMILES string of the molecule is CCOc1ccc(N2CCCN3C4C(=O)N(Cc5ccc(Cl)c(Cl)c5)C(=O)N(C)C4NC23)cc1. The second-order valence-electron chi connectivity index (χ2n) is 8.71. The van der Waals surface area contributed by atoms with Gasteiger partial charge >= 0.3 is 6.03 Å². The van der Waals surface area contributed by atoms with Gasteiger partial charge in [0.25, 0.3) is 5.91 Å². The van der Waals surface area contributed by atoms with Crippen molar-refractivity contribution in [2.75, 3.05) is 31.6 Å². The Morgan fingerprint density at radius 1 is 1.06 bits per heavy atom. The number of imide groups is 1. The van der Waals surface area contributed by atoms with E-state index in [0.29, 0.717) is 16.7 Å². The molecule has 0 radical (unpaired) electrons. The van der Waals surface area contributed by atoms with Gasteiger partial charge < -0.3 is 14.5 Å². The van der Waals surface area contributed by atoms with Gasteiger partial charge in [0, 0.05) is 25.8 Å². The van der Waals surface area contributed by atoms with E-state index in [1.54, 1.807) is 30.1 Å². The number of hydrogen-bond donors (Lipinski definition) is 1. The molecule has 3 amide bonds. The van der Waals surface area contributed by atoms with E-state index in [0.717, 1.165) is 36.5 Å². The summed E-state index contributed by atoms with van der Waals surface area (Å²) in [6, 6.07) is 12.3. The summed E-state index contributed by atoms with van der Waals surface area (Å²) in [7, 11) is 1.74. The van der Waals surface area contributed by atoms with Crippen LogP contribution in [0.1, 0.15) is 18.9 Å². The zero-order chi connectivity index (χ0) is 24.0. The topological polar surface area (TPSA) is 68.4 Å². The van der Waals surface area contributed by atoms with Gasteiger partial charge in [0.05, 0.1) is 23.2 Å². The van der Waals surface area contributed by atoms with Crippen LogP contribution in [0.3, 0.4) is 0 Å². The molecule has 3 atom stereocenters. The highest BCUT2D eigenvalue weighted by Gasteiger charge is 2.56. The van der Waals surface area contributed by atoms with Crippen molar-refractivity contribution < 1.29 is 14.3 Å². The molecule has 3 saturated heterocycles. The Morgan fingerprint density at radius 3 is 2.53 bits per heavy atom. The predicted molar refractivity (Wildman–Crippen MR) is 131 cm³/mol. The first kappa shape index (κ1) is 23.2. The lowest BCUT2D eigenvalue weighted by atomic mass is 10.1. The summed E-state index contributed by atoms with van der Waals surface area (Å²) in [5, 5.41) is 4.36. The number of anilines is 1. The molecule has 3 unspecified atom stereocenters. The van der Waals surface area contributed by atoms with E-state index in [1.165, 1.54) is 4.90 Å². The number of rotatable bonds is 5. The molecule has 1 N–H and O–H groups in total. The Hall–Kier alpha value is -2.52. The fraction of sp³-hybridized carbons (Fsp3) is 0.417. The fourth-order valence-electron chi connectivity index (χ4n) is 5.05. The van der Waals surface area contributed by atoms with Crippen LogP contribution in [-0.2, 0) is 11.3 Å². The Balaban J connectivity index is 1.39. The van der Waals surface area contributed by atoms with Crippen LogP contribution in [0.4, 0.5) is 10.5 Å². The molecule has 3 aliphatic heterocycles. The first-order valence-corrected chi connectivity index (χ1v) is 12.2. The summed E-state index contributed by atoms with van der Waals surface area (Å²) >= 11 is 12.2. The Kier molecular flexibility index (Phi) is 6.33. The number of likely N-dealkylation sites (N-methyl/N-ethyl adjacent to an activating group) is 1. The smallest absolute Gasteiger partial charge is 0.328 e. The van der Waals surface area contributed by atoms with Gasteiger partial charge in [-0.2, -0.15) is 0 Å². The minimum Gasteiger partial charge on any atom is -0.494 e. The third-order valence-corrected chi connectivity index (χ3v) is 7.41. The van der Waals surface area contributed by atoms with Crippen LogP contribution in [0.2, 0.25) is 10.0 Å². The van der Waals surface area contributed by atoms with Crippen LogP contribution < -0.4 is 15.0 Å². The van der Waals surface area contributed by atoms with Gasteiger partial charge in [0.2, 0.25) is 0 Å². The van der Waals surface area contributed by atoms with E-state index < -0.39 is 12.2 Å². The molecule has 3 heterocycles. The van der Waals surface area contributed by atoms with Gasteiger partial charge in [-0.05, 0) is 55.3 Å². The summed E-state index contributed by atoms with van der Waals surface area (Å²) in [5.41, 5.74) is 1.79. The van der Waals surface area contributed by atoms with Crippen molar-refractivity contribution in [3.63, 3.8) is 0 Å². The number of carbonyl (C=O) groups is 2. The third kappa shape index (κ3) is 3.98. The summed E-state index contributed by atoms with van der Waals surface area (Å²) in [4.78, 5) is 34.1. The van der Waals surface area contributed by atoms with Gasteiger partial charge in [-0.3, -0.25) is 19.9 Å². The molecule has 5 rings (SSSR count). The van der Waals surface area contributed by atoms with Crippen LogP contribution in [-0.4, -0.2) is 71.9 Å². The third-order valence-electron chi connectivity index (χ3n) is 6.67. The largest absolute Gasteiger partial charge is 0.494 e. The molecule has 0 bridgehead atoms. The highest BCUT2D eigenvalue weighted by Crippen LogP contribution is 2.34. The van der Waals surface area contributed by atoms with Crippen LogP contribution >= 0.6 is 23.2 Å². The highest BCUT2D eigenvalue weighted by molar-refractivity contribution is 6.42. The number of hydrogen-bond acceptors (Lipinski definition) is 6. The van der Waals surface area contributed by atoms with E-state index in [1.807, 2.05) is 31.2 Å². The molecule has 180 valence electrons. The second-order valence-corrected chi connectivity index (χ2v) is 9.52. The molecule has 3 aliphatic rings. The zero-order valence-electron chi connectivity index (χ0n) is 19.1. The number of ether oxygens (including phenoxy) is 1. The maximum Gasteiger partial charge on any atom is 0.328 e. The van der Waals surface area contributed by atoms with Crippen molar-refractivity contribution in [1.29, 1.82) is 0 Å². The number of urea groups is 1. The number of halogens is 2. The van der Waals surface area contributed by atoms with Crippen molar-refractivity contribution in [1.82, 2.24) is 20.0 Å². The molecule has 0 aromatic heterocycles. The molecular formula is C24H27Cl2N5O3. The zero-order valence-corrected chi connectivity index (χ0v) is 20.6. The normalized spacial score (nSPS) is 24.9. The number of nitrogens with one attached hydrogen (secondary N) is 1. The fourth-order valence-corrected chi connectivity index (χ4v) is 5.37. The van der Waals surface area contributed by atoms with Gasteiger partial charge in [-0.1, -0.05) is 29.3 Å².